The van der Waals surface area contributed by atoms with Crippen molar-refractivity contribution in [2.75, 3.05) is 25.2 Å². The van der Waals surface area contributed by atoms with Gasteiger partial charge in [-0.15, -0.1) is 11.3 Å². The van der Waals surface area contributed by atoms with Crippen LogP contribution in [0.5, 0.6) is 5.75 Å². The number of aromatic nitrogens is 1. The summed E-state index contributed by atoms with van der Waals surface area (Å²) in [5, 5.41) is 6.49. The number of nitrogens with zero attached hydrogens (tertiary/aromatic N) is 1. The van der Waals surface area contributed by atoms with E-state index in [0.29, 0.717) is 18.5 Å². The summed E-state index contributed by atoms with van der Waals surface area (Å²) in [4.78, 5) is 4.71. The summed E-state index contributed by atoms with van der Waals surface area (Å²) in [5.41, 5.74) is 1.91. The zero-order valence-electron chi connectivity index (χ0n) is 15.1. The van der Waals surface area contributed by atoms with Gasteiger partial charge >= 0.3 is 0 Å². The first-order valence-corrected chi connectivity index (χ1v) is 11.5. The Bertz CT molecular complexity index is 828. The van der Waals surface area contributed by atoms with Crippen LogP contribution in [0.2, 0.25) is 0 Å². The largest absolute Gasteiger partial charge is 0.496 e. The molecule has 0 amide bonds. The molecule has 0 spiro atoms. The van der Waals surface area contributed by atoms with Crippen LogP contribution >= 0.6 is 11.3 Å². The zero-order valence-corrected chi connectivity index (χ0v) is 16.7. The van der Waals surface area contributed by atoms with Gasteiger partial charge in [-0.3, -0.25) is 0 Å². The third-order valence-electron chi connectivity index (χ3n) is 4.70. The van der Waals surface area contributed by atoms with Crippen molar-refractivity contribution in [3.8, 4) is 17.0 Å². The van der Waals surface area contributed by atoms with Crippen LogP contribution in [0.25, 0.3) is 11.3 Å². The molecule has 1 aromatic carbocycles. The van der Waals surface area contributed by atoms with Crippen LogP contribution in [0, 0.1) is 5.92 Å². The van der Waals surface area contributed by atoms with Crippen molar-refractivity contribution in [2.45, 2.75) is 31.7 Å². The number of benzene rings is 1. The van der Waals surface area contributed by atoms with Gasteiger partial charge in [0.15, 0.2) is 5.13 Å². The van der Waals surface area contributed by atoms with E-state index in [1.165, 1.54) is 6.26 Å². The number of anilines is 1. The third kappa shape index (κ3) is 5.18. The summed E-state index contributed by atoms with van der Waals surface area (Å²) in [6.07, 6.45) is 5.30. The minimum Gasteiger partial charge on any atom is -0.496 e. The van der Waals surface area contributed by atoms with Gasteiger partial charge in [-0.25, -0.2) is 18.1 Å². The molecule has 1 heterocycles. The Morgan fingerprint density at radius 3 is 2.65 bits per heavy atom. The summed E-state index contributed by atoms with van der Waals surface area (Å²) < 4.78 is 30.4. The lowest BCUT2D eigenvalue weighted by atomic mass is 9.86. The molecular formula is C18H25N3O3S2. The van der Waals surface area contributed by atoms with E-state index in [1.54, 1.807) is 18.4 Å². The van der Waals surface area contributed by atoms with Crippen molar-refractivity contribution in [3.05, 3.63) is 29.6 Å². The lowest BCUT2D eigenvalue weighted by Crippen LogP contribution is -2.33. The Morgan fingerprint density at radius 1 is 1.23 bits per heavy atom. The van der Waals surface area contributed by atoms with Crippen molar-refractivity contribution < 1.29 is 13.2 Å². The third-order valence-corrected chi connectivity index (χ3v) is 6.16. The summed E-state index contributed by atoms with van der Waals surface area (Å²) in [7, 11) is -1.43. The van der Waals surface area contributed by atoms with E-state index in [1.807, 2.05) is 29.6 Å². The average molecular weight is 396 g/mol. The molecule has 1 saturated carbocycles. The summed E-state index contributed by atoms with van der Waals surface area (Å²) in [5.74, 6) is 1.24. The summed E-state index contributed by atoms with van der Waals surface area (Å²) in [6, 6.07) is 8.27. The molecule has 0 saturated heterocycles. The number of para-hydroxylation sites is 1. The normalized spacial score (nSPS) is 20.7. The highest BCUT2D eigenvalue weighted by molar-refractivity contribution is 7.88. The highest BCUT2D eigenvalue weighted by Crippen LogP contribution is 2.33. The van der Waals surface area contributed by atoms with Crippen molar-refractivity contribution in [1.82, 2.24) is 9.71 Å². The molecule has 3 rings (SSSR count). The van der Waals surface area contributed by atoms with E-state index in [0.717, 1.165) is 47.8 Å². The van der Waals surface area contributed by atoms with Gasteiger partial charge in [0.25, 0.3) is 0 Å². The Kier molecular flexibility index (Phi) is 6.16. The van der Waals surface area contributed by atoms with Crippen LogP contribution in [0.1, 0.15) is 25.7 Å². The molecule has 6 nitrogen and oxygen atoms in total. The van der Waals surface area contributed by atoms with Crippen molar-refractivity contribution in [1.29, 1.82) is 0 Å². The minimum atomic E-state index is -3.10. The molecule has 0 radical (unpaired) electrons. The van der Waals surface area contributed by atoms with Gasteiger partial charge in [0.1, 0.15) is 5.75 Å². The Morgan fingerprint density at radius 2 is 1.96 bits per heavy atom. The molecule has 0 bridgehead atoms. The number of methoxy groups -OCH3 is 1. The van der Waals surface area contributed by atoms with E-state index in [9.17, 15) is 8.42 Å². The number of sulfonamides is 1. The van der Waals surface area contributed by atoms with E-state index in [4.69, 9.17) is 9.72 Å². The van der Waals surface area contributed by atoms with Gasteiger partial charge in [0.05, 0.1) is 19.1 Å². The van der Waals surface area contributed by atoms with Gasteiger partial charge in [-0.2, -0.15) is 0 Å². The smallest absolute Gasteiger partial charge is 0.208 e. The van der Waals surface area contributed by atoms with Crippen LogP contribution in [-0.4, -0.2) is 39.4 Å². The van der Waals surface area contributed by atoms with Gasteiger partial charge in [0, 0.05) is 23.5 Å². The SMILES string of the molecule is COc1ccccc1-c1csc(N[C@H]2CC[C@H](CNS(C)(=O)=O)CC2)n1. The second-order valence-corrected chi connectivity index (χ2v) is 9.41. The van der Waals surface area contributed by atoms with Crippen molar-refractivity contribution in [2.24, 2.45) is 5.92 Å². The fraction of sp³-hybridized carbons (Fsp3) is 0.500. The number of nitrogens with one attached hydrogen (secondary N) is 2. The van der Waals surface area contributed by atoms with Crippen LogP contribution in [0.4, 0.5) is 5.13 Å². The molecule has 2 N–H and O–H groups in total. The maximum Gasteiger partial charge on any atom is 0.208 e. The average Bonchev–Trinajstić information content (AvgIpc) is 3.09. The number of hydrogen-bond donors (Lipinski definition) is 2. The topological polar surface area (TPSA) is 80.3 Å². The van der Waals surface area contributed by atoms with Gasteiger partial charge in [-0.1, -0.05) is 12.1 Å². The molecule has 8 heteroatoms. The molecule has 0 aliphatic heterocycles. The molecular weight excluding hydrogens is 370 g/mol. The number of thiazole rings is 1. The van der Waals surface area contributed by atoms with E-state index >= 15 is 0 Å². The van der Waals surface area contributed by atoms with Crippen molar-refractivity contribution in [3.63, 3.8) is 0 Å². The molecule has 2 aromatic rings. The van der Waals surface area contributed by atoms with Crippen LogP contribution < -0.4 is 14.8 Å². The maximum atomic E-state index is 11.2. The molecule has 0 unspecified atom stereocenters. The Hall–Kier alpha value is -1.64. The number of ether oxygens (including phenoxy) is 1. The molecule has 142 valence electrons. The second-order valence-electron chi connectivity index (χ2n) is 6.72. The molecule has 1 aromatic heterocycles. The van der Waals surface area contributed by atoms with E-state index in [2.05, 4.69) is 10.0 Å². The molecule has 1 fully saturated rings. The quantitative estimate of drug-likeness (QED) is 0.752. The summed E-state index contributed by atoms with van der Waals surface area (Å²) >= 11 is 1.60. The van der Waals surface area contributed by atoms with Gasteiger partial charge in [-0.05, 0) is 43.7 Å². The predicted octanol–water partition coefficient (Wildman–Crippen LogP) is 3.34. The first-order chi connectivity index (χ1) is 12.4. The standard InChI is InChI=1S/C18H25N3O3S2/c1-24-17-6-4-3-5-15(17)16-12-25-18(21-16)20-14-9-7-13(8-10-14)11-19-26(2,22)23/h3-6,12-14,19H,7-11H2,1-2H3,(H,20,21)/t13-,14-. The monoisotopic (exact) mass is 395 g/mol. The number of rotatable bonds is 7. The second kappa shape index (κ2) is 8.37. The molecule has 26 heavy (non-hydrogen) atoms. The van der Waals surface area contributed by atoms with Gasteiger partial charge in [0.2, 0.25) is 10.0 Å². The van der Waals surface area contributed by atoms with E-state index < -0.39 is 10.0 Å². The fourth-order valence-electron chi connectivity index (χ4n) is 3.27. The van der Waals surface area contributed by atoms with Crippen LogP contribution in [0.3, 0.4) is 0 Å². The molecule has 1 aliphatic carbocycles. The Labute approximate surface area is 159 Å². The minimum absolute atomic E-state index is 0.390. The van der Waals surface area contributed by atoms with E-state index in [-0.39, 0.29) is 0 Å². The number of hydrogen-bond acceptors (Lipinski definition) is 6. The summed E-state index contributed by atoms with van der Waals surface area (Å²) in [6.45, 7) is 0.542. The molecule has 0 atom stereocenters. The first-order valence-electron chi connectivity index (χ1n) is 8.74. The van der Waals surface area contributed by atoms with Crippen LogP contribution in [0.15, 0.2) is 29.6 Å². The van der Waals surface area contributed by atoms with Crippen molar-refractivity contribution >= 4 is 26.5 Å². The van der Waals surface area contributed by atoms with Crippen LogP contribution in [-0.2, 0) is 10.0 Å². The highest BCUT2D eigenvalue weighted by Gasteiger charge is 2.22. The first kappa shape index (κ1) is 19.1. The zero-order chi connectivity index (χ0) is 18.6. The maximum absolute atomic E-state index is 11.2. The highest BCUT2D eigenvalue weighted by atomic mass is 32.2. The lowest BCUT2D eigenvalue weighted by Gasteiger charge is -2.28. The Balaban J connectivity index is 1.54. The lowest BCUT2D eigenvalue weighted by molar-refractivity contribution is 0.337. The predicted molar refractivity (Wildman–Crippen MR) is 106 cm³/mol. The fourth-order valence-corrected chi connectivity index (χ4v) is 4.60. The van der Waals surface area contributed by atoms with Gasteiger partial charge < -0.3 is 10.1 Å². The molecule has 1 aliphatic rings.